The van der Waals surface area contributed by atoms with Crippen LogP contribution in [0, 0.1) is 0 Å². The predicted octanol–water partition coefficient (Wildman–Crippen LogP) is 2.97. The van der Waals surface area contributed by atoms with Crippen molar-refractivity contribution in [2.75, 3.05) is 0 Å². The molecule has 7 heteroatoms. The Hall–Kier alpha value is -2.11. The molecule has 0 spiro atoms. The maximum atomic E-state index is 12.1. The summed E-state index contributed by atoms with van der Waals surface area (Å²) in [4.78, 5) is 16.3. The molecule has 0 atom stereocenters. The third-order valence-corrected chi connectivity index (χ3v) is 3.34. The van der Waals surface area contributed by atoms with Gasteiger partial charge in [0.05, 0.1) is 6.20 Å². The van der Waals surface area contributed by atoms with Gasteiger partial charge in [0.25, 0.3) is 5.91 Å². The molecule has 0 aliphatic carbocycles. The Morgan fingerprint density at radius 1 is 1.14 bits per heavy atom. The summed E-state index contributed by atoms with van der Waals surface area (Å²) in [5.41, 5.74) is 1.81. The van der Waals surface area contributed by atoms with Gasteiger partial charge < -0.3 is 5.32 Å². The minimum atomic E-state index is -0.272. The molecule has 106 valence electrons. The van der Waals surface area contributed by atoms with E-state index in [1.807, 2.05) is 12.1 Å². The highest BCUT2D eigenvalue weighted by molar-refractivity contribution is 6.30. The van der Waals surface area contributed by atoms with Crippen LogP contribution in [0.15, 0.2) is 42.6 Å². The minimum Gasteiger partial charge on any atom is -0.347 e. The van der Waals surface area contributed by atoms with E-state index < -0.39 is 0 Å². The summed E-state index contributed by atoms with van der Waals surface area (Å²) in [6.45, 7) is 0.401. The van der Waals surface area contributed by atoms with Gasteiger partial charge in [-0.05, 0) is 29.8 Å². The van der Waals surface area contributed by atoms with E-state index in [1.165, 1.54) is 4.52 Å². The van der Waals surface area contributed by atoms with Crippen LogP contribution in [0.1, 0.15) is 16.1 Å². The molecule has 21 heavy (non-hydrogen) atoms. The fourth-order valence-electron chi connectivity index (χ4n) is 1.84. The third-order valence-electron chi connectivity index (χ3n) is 2.89. The SMILES string of the molecule is O=C(NCc1ccc(Cl)cc1)c1cn2nc(Cl)ccc2n1. The number of nitrogens with zero attached hydrogens (tertiary/aromatic N) is 3. The molecule has 1 aromatic carbocycles. The van der Waals surface area contributed by atoms with Crippen molar-refractivity contribution in [2.24, 2.45) is 0 Å². The second-order valence-corrected chi connectivity index (χ2v) is 5.22. The van der Waals surface area contributed by atoms with E-state index in [4.69, 9.17) is 23.2 Å². The van der Waals surface area contributed by atoms with Crippen molar-refractivity contribution in [3.05, 3.63) is 64.0 Å². The zero-order chi connectivity index (χ0) is 14.8. The summed E-state index contributed by atoms with van der Waals surface area (Å²) in [6.07, 6.45) is 1.54. The molecule has 0 aliphatic heterocycles. The summed E-state index contributed by atoms with van der Waals surface area (Å²) in [5, 5.41) is 7.82. The highest BCUT2D eigenvalue weighted by Gasteiger charge is 2.11. The van der Waals surface area contributed by atoms with Gasteiger partial charge in [-0.3, -0.25) is 4.79 Å². The van der Waals surface area contributed by atoms with Crippen LogP contribution in [0.4, 0.5) is 0 Å². The first-order valence-corrected chi connectivity index (χ1v) is 6.92. The van der Waals surface area contributed by atoms with Crippen molar-refractivity contribution in [3.63, 3.8) is 0 Å². The van der Waals surface area contributed by atoms with Gasteiger partial charge in [-0.1, -0.05) is 35.3 Å². The van der Waals surface area contributed by atoms with Gasteiger partial charge >= 0.3 is 0 Å². The smallest absolute Gasteiger partial charge is 0.271 e. The first-order chi connectivity index (χ1) is 10.1. The molecular formula is C14H10Cl2N4O. The molecule has 0 fully saturated rings. The normalized spacial score (nSPS) is 10.8. The molecule has 3 aromatic rings. The fraction of sp³-hybridized carbons (Fsp3) is 0.0714. The number of nitrogens with one attached hydrogen (secondary N) is 1. The number of carbonyl (C=O) groups excluding carboxylic acids is 1. The molecule has 0 saturated heterocycles. The van der Waals surface area contributed by atoms with E-state index in [0.29, 0.717) is 28.1 Å². The van der Waals surface area contributed by atoms with Gasteiger partial charge in [-0.25, -0.2) is 9.50 Å². The Labute approximate surface area is 130 Å². The van der Waals surface area contributed by atoms with Crippen molar-refractivity contribution in [2.45, 2.75) is 6.54 Å². The molecule has 1 N–H and O–H groups in total. The fourth-order valence-corrected chi connectivity index (χ4v) is 2.11. The molecule has 3 rings (SSSR count). The predicted molar refractivity (Wildman–Crippen MR) is 80.6 cm³/mol. The Kier molecular flexibility index (Phi) is 3.77. The number of aromatic nitrogens is 3. The Morgan fingerprint density at radius 3 is 2.67 bits per heavy atom. The van der Waals surface area contributed by atoms with Crippen molar-refractivity contribution < 1.29 is 4.79 Å². The van der Waals surface area contributed by atoms with E-state index in [9.17, 15) is 4.79 Å². The number of fused-ring (bicyclic) bond motifs is 1. The first kappa shape index (κ1) is 13.9. The van der Waals surface area contributed by atoms with Crippen molar-refractivity contribution in [1.82, 2.24) is 19.9 Å². The number of rotatable bonds is 3. The summed E-state index contributed by atoms with van der Waals surface area (Å²) in [7, 11) is 0. The zero-order valence-corrected chi connectivity index (χ0v) is 12.3. The number of benzene rings is 1. The topological polar surface area (TPSA) is 59.3 Å². The van der Waals surface area contributed by atoms with Crippen molar-refractivity contribution >= 4 is 34.8 Å². The van der Waals surface area contributed by atoms with E-state index in [-0.39, 0.29) is 5.91 Å². The first-order valence-electron chi connectivity index (χ1n) is 6.16. The van der Waals surface area contributed by atoms with Crippen LogP contribution in [0.5, 0.6) is 0 Å². The van der Waals surface area contributed by atoms with E-state index in [0.717, 1.165) is 5.56 Å². The van der Waals surface area contributed by atoms with Crippen molar-refractivity contribution in [1.29, 1.82) is 0 Å². The molecule has 0 saturated carbocycles. The lowest BCUT2D eigenvalue weighted by Crippen LogP contribution is -2.23. The number of hydrogen-bond acceptors (Lipinski definition) is 3. The van der Waals surface area contributed by atoms with Gasteiger partial charge in [-0.15, -0.1) is 0 Å². The molecule has 0 unspecified atom stereocenters. The quantitative estimate of drug-likeness (QED) is 0.807. The van der Waals surface area contributed by atoms with E-state index >= 15 is 0 Å². The molecule has 0 aliphatic rings. The van der Waals surface area contributed by atoms with E-state index in [2.05, 4.69) is 15.4 Å². The number of halogens is 2. The van der Waals surface area contributed by atoms with Crippen LogP contribution in [-0.4, -0.2) is 20.5 Å². The van der Waals surface area contributed by atoms with Crippen LogP contribution < -0.4 is 5.32 Å². The average molecular weight is 321 g/mol. The van der Waals surface area contributed by atoms with Gasteiger partial charge in [0.15, 0.2) is 5.65 Å². The number of hydrogen-bond donors (Lipinski definition) is 1. The van der Waals surface area contributed by atoms with E-state index in [1.54, 1.807) is 30.5 Å². The van der Waals surface area contributed by atoms with Gasteiger partial charge in [0.2, 0.25) is 0 Å². The lowest BCUT2D eigenvalue weighted by molar-refractivity contribution is 0.0946. The Bertz CT molecular complexity index is 798. The molecule has 1 amide bonds. The number of carbonyl (C=O) groups is 1. The maximum Gasteiger partial charge on any atom is 0.271 e. The van der Waals surface area contributed by atoms with Crippen LogP contribution in [-0.2, 0) is 6.54 Å². The largest absolute Gasteiger partial charge is 0.347 e. The molecule has 2 heterocycles. The molecule has 2 aromatic heterocycles. The van der Waals surface area contributed by atoms with Crippen molar-refractivity contribution in [3.8, 4) is 0 Å². The van der Waals surface area contributed by atoms with Crippen LogP contribution in [0.3, 0.4) is 0 Å². The van der Waals surface area contributed by atoms with Crippen LogP contribution >= 0.6 is 23.2 Å². The summed E-state index contributed by atoms with van der Waals surface area (Å²) >= 11 is 11.6. The third kappa shape index (κ3) is 3.15. The molecule has 0 radical (unpaired) electrons. The molecule has 5 nitrogen and oxygen atoms in total. The lowest BCUT2D eigenvalue weighted by atomic mass is 10.2. The Morgan fingerprint density at radius 2 is 1.90 bits per heavy atom. The highest BCUT2D eigenvalue weighted by atomic mass is 35.5. The standard InChI is InChI=1S/C14H10Cl2N4O/c15-10-3-1-9(2-4-10)7-17-14(21)11-8-20-13(18-11)6-5-12(16)19-20/h1-6,8H,7H2,(H,17,21). The zero-order valence-electron chi connectivity index (χ0n) is 10.8. The summed E-state index contributed by atoms with van der Waals surface area (Å²) < 4.78 is 1.47. The second-order valence-electron chi connectivity index (χ2n) is 4.39. The summed E-state index contributed by atoms with van der Waals surface area (Å²) in [6, 6.07) is 10.6. The van der Waals surface area contributed by atoms with Gasteiger partial charge in [0.1, 0.15) is 10.8 Å². The second kappa shape index (κ2) is 5.71. The molecule has 0 bridgehead atoms. The molecular weight excluding hydrogens is 311 g/mol. The van der Waals surface area contributed by atoms with Gasteiger partial charge in [-0.2, -0.15) is 5.10 Å². The monoisotopic (exact) mass is 320 g/mol. The number of amides is 1. The number of imidazole rings is 1. The minimum absolute atomic E-state index is 0.272. The maximum absolute atomic E-state index is 12.1. The van der Waals surface area contributed by atoms with Crippen LogP contribution in [0.2, 0.25) is 10.2 Å². The lowest BCUT2D eigenvalue weighted by Gasteiger charge is -2.03. The van der Waals surface area contributed by atoms with Crippen LogP contribution in [0.25, 0.3) is 5.65 Å². The average Bonchev–Trinajstić information content (AvgIpc) is 2.89. The van der Waals surface area contributed by atoms with Gasteiger partial charge in [0, 0.05) is 11.6 Å². The summed E-state index contributed by atoms with van der Waals surface area (Å²) in [5.74, 6) is -0.272. The highest BCUT2D eigenvalue weighted by Crippen LogP contribution is 2.10. The Balaban J connectivity index is 1.73.